The van der Waals surface area contributed by atoms with Crippen LogP contribution in [0.4, 0.5) is 0 Å². The first kappa shape index (κ1) is 26.2. The Labute approximate surface area is 197 Å². The highest BCUT2D eigenvalue weighted by Gasteiger charge is 2.21. The summed E-state index contributed by atoms with van der Waals surface area (Å²) in [5.41, 5.74) is 0.985. The Bertz CT molecular complexity index is 782. The van der Waals surface area contributed by atoms with Crippen molar-refractivity contribution in [2.24, 2.45) is 10.9 Å². The van der Waals surface area contributed by atoms with Crippen LogP contribution in [0.5, 0.6) is 5.75 Å². The van der Waals surface area contributed by atoms with Crippen molar-refractivity contribution >= 4 is 29.9 Å². The lowest BCUT2D eigenvalue weighted by Gasteiger charge is -2.18. The van der Waals surface area contributed by atoms with Gasteiger partial charge in [0.15, 0.2) is 11.8 Å². The SMILES string of the molecule is CCNC(=NCc1noc(C(C)(C)C)n1)NC(C)c1ccc(OCC(C)C)cc1.I. The number of benzene rings is 1. The van der Waals surface area contributed by atoms with Crippen molar-refractivity contribution in [3.63, 3.8) is 0 Å². The molecule has 7 nitrogen and oxygen atoms in total. The summed E-state index contributed by atoms with van der Waals surface area (Å²) < 4.78 is 11.1. The fourth-order valence-corrected chi connectivity index (χ4v) is 2.50. The Balaban J connectivity index is 0.00000450. The monoisotopic (exact) mass is 529 g/mol. The number of hydrogen-bond acceptors (Lipinski definition) is 5. The number of hydrogen-bond donors (Lipinski definition) is 2. The second kappa shape index (κ2) is 12.1. The topological polar surface area (TPSA) is 84.6 Å². The molecule has 0 aliphatic heterocycles. The summed E-state index contributed by atoms with van der Waals surface area (Å²) in [6, 6.07) is 8.25. The van der Waals surface area contributed by atoms with Crippen LogP contribution in [0, 0.1) is 5.92 Å². The number of guanidine groups is 1. The van der Waals surface area contributed by atoms with Crippen molar-refractivity contribution in [1.29, 1.82) is 0 Å². The zero-order valence-corrected chi connectivity index (χ0v) is 21.5. The van der Waals surface area contributed by atoms with Crippen LogP contribution in [0.1, 0.15) is 71.8 Å². The smallest absolute Gasteiger partial charge is 0.232 e. The zero-order valence-electron chi connectivity index (χ0n) is 19.2. The molecule has 8 heteroatoms. The number of nitrogens with one attached hydrogen (secondary N) is 2. The Kier molecular flexibility index (Phi) is 10.6. The van der Waals surface area contributed by atoms with E-state index in [1.54, 1.807) is 0 Å². The number of halogens is 1. The van der Waals surface area contributed by atoms with Crippen molar-refractivity contribution < 1.29 is 9.26 Å². The van der Waals surface area contributed by atoms with Gasteiger partial charge in [0.2, 0.25) is 5.89 Å². The van der Waals surface area contributed by atoms with Gasteiger partial charge in [0.05, 0.1) is 12.6 Å². The maximum atomic E-state index is 5.76. The molecule has 168 valence electrons. The highest BCUT2D eigenvalue weighted by molar-refractivity contribution is 14.0. The maximum Gasteiger partial charge on any atom is 0.232 e. The Morgan fingerprint density at radius 3 is 2.37 bits per heavy atom. The van der Waals surface area contributed by atoms with Crippen molar-refractivity contribution in [2.45, 2.75) is 66.5 Å². The highest BCUT2D eigenvalue weighted by atomic mass is 127. The predicted molar refractivity (Wildman–Crippen MR) is 132 cm³/mol. The molecule has 1 aromatic heterocycles. The molecule has 1 aromatic carbocycles. The van der Waals surface area contributed by atoms with Crippen LogP contribution >= 0.6 is 24.0 Å². The minimum absolute atomic E-state index is 0. The first-order chi connectivity index (χ1) is 13.7. The van der Waals surface area contributed by atoms with E-state index >= 15 is 0 Å². The third-order valence-electron chi connectivity index (χ3n) is 4.15. The van der Waals surface area contributed by atoms with E-state index in [0.717, 1.165) is 24.5 Å². The third kappa shape index (κ3) is 8.49. The molecule has 1 heterocycles. The summed E-state index contributed by atoms with van der Waals surface area (Å²) in [4.78, 5) is 9.03. The summed E-state index contributed by atoms with van der Waals surface area (Å²) >= 11 is 0. The lowest BCUT2D eigenvalue weighted by molar-refractivity contribution is 0.271. The van der Waals surface area contributed by atoms with E-state index in [1.165, 1.54) is 0 Å². The van der Waals surface area contributed by atoms with Crippen LogP contribution in [-0.2, 0) is 12.0 Å². The van der Waals surface area contributed by atoms with Crippen LogP contribution in [0.3, 0.4) is 0 Å². The van der Waals surface area contributed by atoms with Gasteiger partial charge in [-0.25, -0.2) is 4.99 Å². The molecule has 2 aromatic rings. The van der Waals surface area contributed by atoms with Crippen LogP contribution < -0.4 is 15.4 Å². The summed E-state index contributed by atoms with van der Waals surface area (Å²) in [7, 11) is 0. The fourth-order valence-electron chi connectivity index (χ4n) is 2.50. The van der Waals surface area contributed by atoms with E-state index in [1.807, 2.05) is 39.8 Å². The van der Waals surface area contributed by atoms with Crippen LogP contribution in [0.2, 0.25) is 0 Å². The maximum absolute atomic E-state index is 5.76. The van der Waals surface area contributed by atoms with Gasteiger partial charge in [-0.3, -0.25) is 0 Å². The Morgan fingerprint density at radius 1 is 1.17 bits per heavy atom. The molecule has 0 amide bonds. The molecule has 1 unspecified atom stereocenters. The van der Waals surface area contributed by atoms with Crippen LogP contribution in [0.15, 0.2) is 33.8 Å². The average molecular weight is 529 g/mol. The van der Waals surface area contributed by atoms with E-state index in [0.29, 0.717) is 30.1 Å². The number of nitrogens with zero attached hydrogens (tertiary/aromatic N) is 3. The van der Waals surface area contributed by atoms with Gasteiger partial charge >= 0.3 is 0 Å². The molecule has 0 spiro atoms. The molecule has 2 rings (SSSR count). The normalized spacial score (nSPS) is 13.0. The van der Waals surface area contributed by atoms with E-state index in [4.69, 9.17) is 9.26 Å². The number of rotatable bonds is 8. The summed E-state index contributed by atoms with van der Waals surface area (Å²) in [5, 5.41) is 10.7. The summed E-state index contributed by atoms with van der Waals surface area (Å²) in [6.45, 7) is 16.4. The molecule has 0 aliphatic rings. The summed E-state index contributed by atoms with van der Waals surface area (Å²) in [6.07, 6.45) is 0. The van der Waals surface area contributed by atoms with Gasteiger partial charge in [0.25, 0.3) is 0 Å². The second-order valence-electron chi connectivity index (χ2n) is 8.60. The standard InChI is InChI=1S/C22H35N5O2.HI/c1-8-23-21(24-13-19-26-20(29-27-19)22(5,6)7)25-16(4)17-9-11-18(12-10-17)28-14-15(2)3;/h9-12,15-16H,8,13-14H2,1-7H3,(H2,23,24,25);1H. The first-order valence-corrected chi connectivity index (χ1v) is 10.3. The summed E-state index contributed by atoms with van der Waals surface area (Å²) in [5.74, 6) is 3.30. The van der Waals surface area contributed by atoms with E-state index in [9.17, 15) is 0 Å². The van der Waals surface area contributed by atoms with Gasteiger partial charge in [-0.15, -0.1) is 24.0 Å². The lowest BCUT2D eigenvalue weighted by atomic mass is 9.97. The largest absolute Gasteiger partial charge is 0.493 e. The highest BCUT2D eigenvalue weighted by Crippen LogP contribution is 2.20. The van der Waals surface area contributed by atoms with Crippen LogP contribution in [-0.4, -0.2) is 29.3 Å². The molecule has 0 radical (unpaired) electrons. The van der Waals surface area contributed by atoms with E-state index in [2.05, 4.69) is 58.7 Å². The number of ether oxygens (including phenoxy) is 1. The Hall–Kier alpha value is -1.84. The predicted octanol–water partition coefficient (Wildman–Crippen LogP) is 4.84. The molecule has 0 bridgehead atoms. The van der Waals surface area contributed by atoms with Gasteiger partial charge in [0, 0.05) is 12.0 Å². The molecular weight excluding hydrogens is 493 g/mol. The molecule has 2 N–H and O–H groups in total. The second-order valence-corrected chi connectivity index (χ2v) is 8.60. The zero-order chi connectivity index (χ0) is 21.4. The number of aliphatic imine (C=N–C) groups is 1. The van der Waals surface area contributed by atoms with Gasteiger partial charge in [-0.05, 0) is 37.5 Å². The lowest BCUT2D eigenvalue weighted by Crippen LogP contribution is -2.38. The van der Waals surface area contributed by atoms with Gasteiger partial charge in [-0.2, -0.15) is 4.98 Å². The minimum Gasteiger partial charge on any atom is -0.493 e. The fraction of sp³-hybridized carbons (Fsp3) is 0.591. The Morgan fingerprint density at radius 2 is 1.83 bits per heavy atom. The molecule has 0 saturated heterocycles. The third-order valence-corrected chi connectivity index (χ3v) is 4.15. The first-order valence-electron chi connectivity index (χ1n) is 10.3. The molecule has 30 heavy (non-hydrogen) atoms. The average Bonchev–Trinajstić information content (AvgIpc) is 3.14. The van der Waals surface area contributed by atoms with Crippen molar-refractivity contribution in [1.82, 2.24) is 20.8 Å². The minimum atomic E-state index is -0.169. The van der Waals surface area contributed by atoms with Crippen LogP contribution in [0.25, 0.3) is 0 Å². The van der Waals surface area contributed by atoms with Crippen molar-refractivity contribution in [3.8, 4) is 5.75 Å². The quantitative estimate of drug-likeness (QED) is 0.290. The van der Waals surface area contributed by atoms with Gasteiger partial charge in [-0.1, -0.05) is 51.9 Å². The van der Waals surface area contributed by atoms with Crippen molar-refractivity contribution in [3.05, 3.63) is 41.5 Å². The molecular formula is C22H36IN5O2. The molecule has 0 aliphatic carbocycles. The van der Waals surface area contributed by atoms with E-state index < -0.39 is 0 Å². The van der Waals surface area contributed by atoms with Crippen molar-refractivity contribution in [2.75, 3.05) is 13.2 Å². The van der Waals surface area contributed by atoms with Gasteiger partial charge < -0.3 is 19.9 Å². The molecule has 0 fully saturated rings. The number of aromatic nitrogens is 2. The van der Waals surface area contributed by atoms with E-state index in [-0.39, 0.29) is 35.4 Å². The molecule has 1 atom stereocenters. The van der Waals surface area contributed by atoms with Gasteiger partial charge in [0.1, 0.15) is 12.3 Å². The molecule has 0 saturated carbocycles.